The van der Waals surface area contributed by atoms with E-state index in [1.807, 2.05) is 12.1 Å². The van der Waals surface area contributed by atoms with Crippen LogP contribution in [0.3, 0.4) is 0 Å². The molecule has 3 N–H and O–H groups in total. The molecule has 0 aliphatic heterocycles. The number of aryl methyl sites for hydroxylation is 1. The molecule has 0 radical (unpaired) electrons. The van der Waals surface area contributed by atoms with Crippen molar-refractivity contribution in [3.8, 4) is 0 Å². The molecule has 2 aromatic carbocycles. The van der Waals surface area contributed by atoms with Gasteiger partial charge in [0.15, 0.2) is 0 Å². The van der Waals surface area contributed by atoms with Crippen molar-refractivity contribution in [2.75, 3.05) is 11.1 Å². The Hall–Kier alpha value is -2.36. The van der Waals surface area contributed by atoms with E-state index in [2.05, 4.69) is 12.2 Å². The summed E-state index contributed by atoms with van der Waals surface area (Å²) >= 11 is 0. The molecular formula is C15H15FN2O. The largest absolute Gasteiger partial charge is 0.399 e. The van der Waals surface area contributed by atoms with E-state index in [-0.39, 0.29) is 5.56 Å². The molecule has 19 heavy (non-hydrogen) atoms. The number of halogens is 1. The number of carbonyl (C=O) groups is 1. The predicted molar refractivity (Wildman–Crippen MR) is 74.6 cm³/mol. The molecule has 0 saturated heterocycles. The van der Waals surface area contributed by atoms with Crippen LogP contribution in [-0.2, 0) is 6.42 Å². The second-order valence-electron chi connectivity index (χ2n) is 4.24. The average Bonchev–Trinajstić information content (AvgIpc) is 2.39. The summed E-state index contributed by atoms with van der Waals surface area (Å²) in [6.45, 7) is 2.05. The van der Waals surface area contributed by atoms with Crippen molar-refractivity contribution in [2.24, 2.45) is 0 Å². The first-order chi connectivity index (χ1) is 9.10. The van der Waals surface area contributed by atoms with Gasteiger partial charge in [-0.1, -0.05) is 19.1 Å². The molecular weight excluding hydrogens is 243 g/mol. The molecule has 1 amide bonds. The number of anilines is 2. The normalized spacial score (nSPS) is 10.2. The van der Waals surface area contributed by atoms with Gasteiger partial charge in [0.05, 0.1) is 5.56 Å². The first-order valence-electron chi connectivity index (χ1n) is 6.05. The Balaban J connectivity index is 2.15. The van der Waals surface area contributed by atoms with Crippen molar-refractivity contribution in [3.63, 3.8) is 0 Å². The number of hydrogen-bond acceptors (Lipinski definition) is 2. The third kappa shape index (κ3) is 3.10. The summed E-state index contributed by atoms with van der Waals surface area (Å²) in [5, 5.41) is 2.65. The quantitative estimate of drug-likeness (QED) is 0.830. The first-order valence-corrected chi connectivity index (χ1v) is 6.05. The highest BCUT2D eigenvalue weighted by atomic mass is 19.1. The van der Waals surface area contributed by atoms with Gasteiger partial charge < -0.3 is 11.1 Å². The van der Waals surface area contributed by atoms with E-state index in [0.29, 0.717) is 11.4 Å². The van der Waals surface area contributed by atoms with Crippen LogP contribution in [-0.4, -0.2) is 5.91 Å². The van der Waals surface area contributed by atoms with E-state index in [1.54, 1.807) is 12.1 Å². The maximum absolute atomic E-state index is 13.6. The van der Waals surface area contributed by atoms with Gasteiger partial charge in [-0.25, -0.2) is 4.39 Å². The minimum atomic E-state index is -0.623. The van der Waals surface area contributed by atoms with Gasteiger partial charge in [0.1, 0.15) is 5.82 Å². The fourth-order valence-corrected chi connectivity index (χ4v) is 1.74. The van der Waals surface area contributed by atoms with Crippen molar-refractivity contribution in [1.82, 2.24) is 0 Å². The Morgan fingerprint density at radius 1 is 1.21 bits per heavy atom. The van der Waals surface area contributed by atoms with Gasteiger partial charge >= 0.3 is 0 Å². The second-order valence-corrected chi connectivity index (χ2v) is 4.24. The van der Waals surface area contributed by atoms with Gasteiger partial charge in [-0.2, -0.15) is 0 Å². The molecule has 3 nitrogen and oxygen atoms in total. The van der Waals surface area contributed by atoms with E-state index in [0.717, 1.165) is 12.5 Å². The topological polar surface area (TPSA) is 55.1 Å². The zero-order valence-corrected chi connectivity index (χ0v) is 10.6. The van der Waals surface area contributed by atoms with E-state index >= 15 is 0 Å². The first kappa shape index (κ1) is 13.1. The number of amides is 1. The summed E-state index contributed by atoms with van der Waals surface area (Å²) < 4.78 is 13.6. The Morgan fingerprint density at radius 3 is 2.47 bits per heavy atom. The van der Waals surface area contributed by atoms with Crippen LogP contribution < -0.4 is 11.1 Å². The number of rotatable bonds is 3. The Labute approximate surface area is 111 Å². The monoisotopic (exact) mass is 258 g/mol. The van der Waals surface area contributed by atoms with Gasteiger partial charge in [-0.3, -0.25) is 4.79 Å². The summed E-state index contributed by atoms with van der Waals surface area (Å²) in [6.07, 6.45) is 0.931. The molecule has 0 atom stereocenters. The molecule has 0 aliphatic carbocycles. The van der Waals surface area contributed by atoms with Crippen molar-refractivity contribution in [3.05, 3.63) is 59.4 Å². The van der Waals surface area contributed by atoms with Crippen molar-refractivity contribution < 1.29 is 9.18 Å². The lowest BCUT2D eigenvalue weighted by Gasteiger charge is -2.07. The smallest absolute Gasteiger partial charge is 0.258 e. The molecule has 0 saturated carbocycles. The van der Waals surface area contributed by atoms with Crippen LogP contribution in [0.5, 0.6) is 0 Å². The van der Waals surface area contributed by atoms with E-state index in [4.69, 9.17) is 5.73 Å². The summed E-state index contributed by atoms with van der Waals surface area (Å²) in [5.41, 5.74) is 7.53. The average molecular weight is 258 g/mol. The number of hydrogen-bond donors (Lipinski definition) is 2. The fourth-order valence-electron chi connectivity index (χ4n) is 1.74. The number of nitrogens with two attached hydrogens (primary N) is 1. The number of nitrogens with one attached hydrogen (secondary N) is 1. The molecule has 0 heterocycles. The molecule has 0 aliphatic rings. The van der Waals surface area contributed by atoms with E-state index in [1.165, 1.54) is 17.7 Å². The highest BCUT2D eigenvalue weighted by Gasteiger charge is 2.11. The lowest BCUT2D eigenvalue weighted by molar-refractivity contribution is 0.102. The van der Waals surface area contributed by atoms with Gasteiger partial charge in [0.25, 0.3) is 5.91 Å². The molecule has 0 bridgehead atoms. The van der Waals surface area contributed by atoms with Gasteiger partial charge in [0, 0.05) is 11.4 Å². The lowest BCUT2D eigenvalue weighted by Crippen LogP contribution is -2.13. The Morgan fingerprint density at radius 2 is 1.89 bits per heavy atom. The third-order valence-electron chi connectivity index (χ3n) is 2.86. The molecule has 2 rings (SSSR count). The standard InChI is InChI=1S/C15H15FN2O/c1-2-10-3-6-12(7-4-10)18-15(19)13-8-5-11(17)9-14(13)16/h3-9H,2,17H2,1H3,(H,18,19). The molecule has 2 aromatic rings. The van der Waals surface area contributed by atoms with Crippen molar-refractivity contribution >= 4 is 17.3 Å². The van der Waals surface area contributed by atoms with Crippen LogP contribution >= 0.6 is 0 Å². The molecule has 0 aromatic heterocycles. The van der Waals surface area contributed by atoms with Gasteiger partial charge in [-0.15, -0.1) is 0 Å². The van der Waals surface area contributed by atoms with Crippen LogP contribution in [0.4, 0.5) is 15.8 Å². The molecule has 0 fully saturated rings. The summed E-state index contributed by atoms with van der Waals surface area (Å²) in [5.74, 6) is -1.11. The Bertz CT molecular complexity index is 594. The maximum atomic E-state index is 13.6. The van der Waals surface area contributed by atoms with Gasteiger partial charge in [-0.05, 0) is 42.3 Å². The van der Waals surface area contributed by atoms with Crippen LogP contribution in [0.1, 0.15) is 22.8 Å². The zero-order valence-electron chi connectivity index (χ0n) is 10.6. The molecule has 0 unspecified atom stereocenters. The molecule has 4 heteroatoms. The van der Waals surface area contributed by atoms with Crippen LogP contribution in [0.25, 0.3) is 0 Å². The van der Waals surface area contributed by atoms with Crippen LogP contribution in [0.15, 0.2) is 42.5 Å². The second kappa shape index (κ2) is 5.52. The van der Waals surface area contributed by atoms with Crippen LogP contribution in [0, 0.1) is 5.82 Å². The van der Waals surface area contributed by atoms with Crippen molar-refractivity contribution in [1.29, 1.82) is 0 Å². The molecule has 98 valence electrons. The number of nitrogen functional groups attached to an aromatic ring is 1. The summed E-state index contributed by atoms with van der Waals surface area (Å²) in [7, 11) is 0. The number of benzene rings is 2. The SMILES string of the molecule is CCc1ccc(NC(=O)c2ccc(N)cc2F)cc1. The molecule has 0 spiro atoms. The van der Waals surface area contributed by atoms with Gasteiger partial charge in [0.2, 0.25) is 0 Å². The Kier molecular flexibility index (Phi) is 3.80. The van der Waals surface area contributed by atoms with E-state index in [9.17, 15) is 9.18 Å². The highest BCUT2D eigenvalue weighted by Crippen LogP contribution is 2.15. The predicted octanol–water partition coefficient (Wildman–Crippen LogP) is 3.22. The fraction of sp³-hybridized carbons (Fsp3) is 0.133. The lowest BCUT2D eigenvalue weighted by atomic mass is 10.1. The maximum Gasteiger partial charge on any atom is 0.258 e. The number of carbonyl (C=O) groups excluding carboxylic acids is 1. The third-order valence-corrected chi connectivity index (χ3v) is 2.86. The zero-order chi connectivity index (χ0) is 13.8. The minimum Gasteiger partial charge on any atom is -0.399 e. The summed E-state index contributed by atoms with van der Waals surface area (Å²) in [6, 6.07) is 11.5. The van der Waals surface area contributed by atoms with Crippen molar-refractivity contribution in [2.45, 2.75) is 13.3 Å². The summed E-state index contributed by atoms with van der Waals surface area (Å²) in [4.78, 5) is 11.9. The minimum absolute atomic E-state index is 0.0197. The van der Waals surface area contributed by atoms with Crippen LogP contribution in [0.2, 0.25) is 0 Å². The highest BCUT2D eigenvalue weighted by molar-refractivity contribution is 6.04. The van der Waals surface area contributed by atoms with E-state index < -0.39 is 11.7 Å².